The number of nitrogens with two attached hydrogens (primary N) is 1. The summed E-state index contributed by atoms with van der Waals surface area (Å²) in [5, 5.41) is 7.40. The number of sulfone groups is 1. The number of hydrogen-bond acceptors (Lipinski definition) is 6. The second-order valence-electron chi connectivity index (χ2n) is 3.63. The molecule has 0 bridgehead atoms. The highest BCUT2D eigenvalue weighted by atomic mass is 32.2. The molecule has 1 amide bonds. The summed E-state index contributed by atoms with van der Waals surface area (Å²) in [6, 6.07) is -0.478. The van der Waals surface area contributed by atoms with Gasteiger partial charge in [-0.15, -0.1) is 5.10 Å². The van der Waals surface area contributed by atoms with Crippen LogP contribution in [0.2, 0.25) is 0 Å². The summed E-state index contributed by atoms with van der Waals surface area (Å²) in [7, 11) is -3.16. The van der Waals surface area contributed by atoms with Crippen molar-refractivity contribution in [2.75, 3.05) is 11.5 Å². The molecule has 0 aromatic carbocycles. The second kappa shape index (κ2) is 4.17. The van der Waals surface area contributed by atoms with Crippen LogP contribution in [0.25, 0.3) is 0 Å². The van der Waals surface area contributed by atoms with Crippen molar-refractivity contribution in [3.8, 4) is 0 Å². The molecule has 17 heavy (non-hydrogen) atoms. The van der Waals surface area contributed by atoms with E-state index in [0.29, 0.717) is 0 Å². The molecular formula is C8H11N5O3S. The number of carbonyl (C=O) groups is 1. The summed E-state index contributed by atoms with van der Waals surface area (Å²) in [6.45, 7) is -0.0470. The average molecular weight is 257 g/mol. The molecule has 8 nitrogen and oxygen atoms in total. The van der Waals surface area contributed by atoms with Crippen LogP contribution in [0.3, 0.4) is 0 Å². The molecular weight excluding hydrogens is 246 g/mol. The smallest absolute Gasteiger partial charge is 0.242 e. The second-order valence-corrected chi connectivity index (χ2v) is 5.56. The molecule has 9 heteroatoms. The lowest BCUT2D eigenvalue weighted by molar-refractivity contribution is -0.122. The van der Waals surface area contributed by atoms with Crippen LogP contribution in [0.1, 0.15) is 0 Å². The van der Waals surface area contributed by atoms with Crippen molar-refractivity contribution in [3.05, 3.63) is 17.8 Å². The van der Waals surface area contributed by atoms with Gasteiger partial charge in [0.05, 0.1) is 11.8 Å². The van der Waals surface area contributed by atoms with Gasteiger partial charge in [0.25, 0.3) is 0 Å². The third-order valence-electron chi connectivity index (χ3n) is 2.14. The zero-order valence-electron chi connectivity index (χ0n) is 8.78. The minimum atomic E-state index is -3.16. The Labute approximate surface area is 97.4 Å². The minimum absolute atomic E-state index is 0.0470. The Bertz CT molecular complexity index is 561. The molecule has 0 saturated carbocycles. The maximum atomic E-state index is 11.5. The lowest BCUT2D eigenvalue weighted by Crippen LogP contribution is -2.37. The van der Waals surface area contributed by atoms with Crippen LogP contribution in [0.15, 0.2) is 17.8 Å². The average Bonchev–Trinajstić information content (AvgIpc) is 2.73. The van der Waals surface area contributed by atoms with E-state index in [1.54, 1.807) is 0 Å². The van der Waals surface area contributed by atoms with E-state index in [4.69, 9.17) is 5.73 Å². The van der Waals surface area contributed by atoms with Gasteiger partial charge in [0.15, 0.2) is 9.84 Å². The Kier molecular flexibility index (Phi) is 2.84. The van der Waals surface area contributed by atoms with Gasteiger partial charge < -0.3 is 11.1 Å². The van der Waals surface area contributed by atoms with Crippen molar-refractivity contribution in [1.29, 1.82) is 0 Å². The van der Waals surface area contributed by atoms with Gasteiger partial charge >= 0.3 is 0 Å². The number of anilines is 1. The maximum absolute atomic E-state index is 11.5. The van der Waals surface area contributed by atoms with Crippen molar-refractivity contribution in [2.24, 2.45) is 0 Å². The number of rotatable bonds is 3. The van der Waals surface area contributed by atoms with Gasteiger partial charge in [0.2, 0.25) is 11.9 Å². The van der Waals surface area contributed by atoms with Crippen LogP contribution >= 0.6 is 0 Å². The van der Waals surface area contributed by atoms with Crippen molar-refractivity contribution >= 4 is 21.7 Å². The largest absolute Gasteiger partial charge is 0.367 e. The van der Waals surface area contributed by atoms with Gasteiger partial charge in [-0.05, 0) is 6.08 Å². The van der Waals surface area contributed by atoms with E-state index in [9.17, 15) is 13.2 Å². The number of hydrogen-bond donors (Lipinski definition) is 2. The molecule has 1 atom stereocenters. The molecule has 0 spiro atoms. The first-order valence-corrected chi connectivity index (χ1v) is 6.51. The molecule has 0 fully saturated rings. The molecule has 1 aliphatic rings. The van der Waals surface area contributed by atoms with Crippen LogP contribution in [0, 0.1) is 0 Å². The van der Waals surface area contributed by atoms with Crippen molar-refractivity contribution in [3.63, 3.8) is 0 Å². The topological polar surface area (TPSA) is 120 Å². The van der Waals surface area contributed by atoms with Gasteiger partial charge in [-0.3, -0.25) is 4.79 Å². The van der Waals surface area contributed by atoms with Crippen LogP contribution in [-0.2, 0) is 21.2 Å². The van der Waals surface area contributed by atoms with Gasteiger partial charge in [-0.2, -0.15) is 0 Å². The molecule has 2 rings (SSSR count). The highest BCUT2D eigenvalue weighted by molar-refractivity contribution is 7.94. The number of nitrogens with one attached hydrogen (secondary N) is 1. The molecule has 2 heterocycles. The Morgan fingerprint density at radius 1 is 1.65 bits per heavy atom. The minimum Gasteiger partial charge on any atom is -0.367 e. The third kappa shape index (κ3) is 3.03. The Morgan fingerprint density at radius 3 is 2.94 bits per heavy atom. The van der Waals surface area contributed by atoms with E-state index in [-0.39, 0.29) is 24.2 Å². The summed E-state index contributed by atoms with van der Waals surface area (Å²) < 4.78 is 23.5. The predicted molar refractivity (Wildman–Crippen MR) is 59.3 cm³/mol. The van der Waals surface area contributed by atoms with E-state index in [1.807, 2.05) is 0 Å². The highest BCUT2D eigenvalue weighted by Gasteiger charge is 2.23. The number of amides is 1. The first-order chi connectivity index (χ1) is 7.94. The van der Waals surface area contributed by atoms with E-state index in [0.717, 1.165) is 5.41 Å². The lowest BCUT2D eigenvalue weighted by Gasteiger charge is -2.09. The Balaban J connectivity index is 1.89. The molecule has 1 aromatic heterocycles. The Morgan fingerprint density at radius 2 is 2.41 bits per heavy atom. The molecule has 1 aliphatic heterocycles. The maximum Gasteiger partial charge on any atom is 0.242 e. The van der Waals surface area contributed by atoms with Gasteiger partial charge in [-0.1, -0.05) is 0 Å². The van der Waals surface area contributed by atoms with E-state index < -0.39 is 15.9 Å². The van der Waals surface area contributed by atoms with Crippen molar-refractivity contribution < 1.29 is 13.2 Å². The summed E-state index contributed by atoms with van der Waals surface area (Å²) in [5.74, 6) is -0.360. The number of nitrogen functional groups attached to an aromatic ring is 1. The highest BCUT2D eigenvalue weighted by Crippen LogP contribution is 2.07. The van der Waals surface area contributed by atoms with E-state index >= 15 is 0 Å². The molecule has 0 aliphatic carbocycles. The van der Waals surface area contributed by atoms with Gasteiger partial charge in [0.1, 0.15) is 12.9 Å². The standard InChI is InChI=1S/C8H11N5O3S/c9-8-10-5-13(12-8)3-7(14)11-6-1-2-17(15,16)4-6/h1-2,5-6H,3-4H2,(H2,9,12)(H,11,14). The zero-order chi connectivity index (χ0) is 12.5. The number of carbonyl (C=O) groups excluding carboxylic acids is 1. The van der Waals surface area contributed by atoms with Crippen LogP contribution in [0.5, 0.6) is 0 Å². The fourth-order valence-corrected chi connectivity index (χ4v) is 2.69. The number of nitrogens with zero attached hydrogens (tertiary/aromatic N) is 3. The molecule has 3 N–H and O–H groups in total. The van der Waals surface area contributed by atoms with Crippen LogP contribution in [0.4, 0.5) is 5.95 Å². The van der Waals surface area contributed by atoms with Gasteiger partial charge in [-0.25, -0.2) is 18.1 Å². The van der Waals surface area contributed by atoms with Crippen molar-refractivity contribution in [2.45, 2.75) is 12.6 Å². The summed E-state index contributed by atoms with van der Waals surface area (Å²) in [4.78, 5) is 15.2. The van der Waals surface area contributed by atoms with E-state index in [1.165, 1.54) is 17.1 Å². The molecule has 1 unspecified atom stereocenters. The predicted octanol–water partition coefficient (Wildman–Crippen LogP) is -1.71. The van der Waals surface area contributed by atoms with Crippen LogP contribution in [-0.4, -0.2) is 40.9 Å². The van der Waals surface area contributed by atoms with Crippen LogP contribution < -0.4 is 11.1 Å². The fourth-order valence-electron chi connectivity index (χ4n) is 1.45. The molecule has 0 radical (unpaired) electrons. The third-order valence-corrected chi connectivity index (χ3v) is 3.53. The normalized spacial score (nSPS) is 21.5. The monoisotopic (exact) mass is 257 g/mol. The summed E-state index contributed by atoms with van der Waals surface area (Å²) in [5.41, 5.74) is 5.29. The first kappa shape index (κ1) is 11.6. The van der Waals surface area contributed by atoms with E-state index in [2.05, 4.69) is 15.4 Å². The summed E-state index contributed by atoms with van der Waals surface area (Å²) in [6.07, 6.45) is 2.78. The first-order valence-electron chi connectivity index (χ1n) is 4.80. The van der Waals surface area contributed by atoms with Crippen molar-refractivity contribution in [1.82, 2.24) is 20.1 Å². The molecule has 92 valence electrons. The fraction of sp³-hybridized carbons (Fsp3) is 0.375. The summed E-state index contributed by atoms with van der Waals surface area (Å²) >= 11 is 0. The SMILES string of the molecule is Nc1ncn(CC(=O)NC2C=CS(=O)(=O)C2)n1. The Hall–Kier alpha value is -1.90. The molecule has 0 saturated heterocycles. The lowest BCUT2D eigenvalue weighted by atomic mass is 10.3. The molecule has 1 aromatic rings. The van der Waals surface area contributed by atoms with Gasteiger partial charge in [0, 0.05) is 5.41 Å². The zero-order valence-corrected chi connectivity index (χ0v) is 9.59. The number of aromatic nitrogens is 3. The quantitative estimate of drug-likeness (QED) is 0.665.